The summed E-state index contributed by atoms with van der Waals surface area (Å²) in [5.74, 6) is -0.324. The van der Waals surface area contributed by atoms with Crippen LogP contribution in [0.25, 0.3) is 0 Å². The predicted molar refractivity (Wildman–Crippen MR) is 93.9 cm³/mol. The number of rotatable bonds is 6. The van der Waals surface area contributed by atoms with Crippen molar-refractivity contribution in [2.24, 2.45) is 22.1 Å². The second kappa shape index (κ2) is 7.70. The minimum absolute atomic E-state index is 0.0398. The van der Waals surface area contributed by atoms with E-state index in [4.69, 9.17) is 4.74 Å². The molecule has 1 fully saturated rings. The zero-order valence-corrected chi connectivity index (χ0v) is 13.9. The molecular formula is C19H19N3O3. The lowest BCUT2D eigenvalue weighted by Gasteiger charge is -2.06. The molecule has 2 unspecified atom stereocenters. The van der Waals surface area contributed by atoms with Crippen molar-refractivity contribution in [2.45, 2.75) is 13.3 Å². The molecule has 0 saturated heterocycles. The highest BCUT2D eigenvalue weighted by molar-refractivity contribution is 5.93. The molecule has 0 heterocycles. The molecule has 0 bridgehead atoms. The molecule has 0 aliphatic heterocycles. The van der Waals surface area contributed by atoms with E-state index in [1.165, 1.54) is 0 Å². The molecule has 1 aliphatic rings. The Morgan fingerprint density at radius 1 is 1.04 bits per heavy atom. The van der Waals surface area contributed by atoms with Crippen molar-refractivity contribution in [3.63, 3.8) is 0 Å². The average molecular weight is 337 g/mol. The Labute approximate surface area is 145 Å². The number of carbonyl (C=O) groups is 2. The maximum Gasteiger partial charge on any atom is 0.309 e. The van der Waals surface area contributed by atoms with Crippen LogP contribution < -0.4 is 5.32 Å². The summed E-state index contributed by atoms with van der Waals surface area (Å²) >= 11 is 0. The Bertz CT molecular complexity index is 772. The Hall–Kier alpha value is -3.02. The van der Waals surface area contributed by atoms with Gasteiger partial charge in [-0.25, -0.2) is 0 Å². The number of benzene rings is 2. The molecular weight excluding hydrogens is 318 g/mol. The highest BCUT2D eigenvalue weighted by Crippen LogP contribution is 2.38. The lowest BCUT2D eigenvalue weighted by atomic mass is 10.3. The molecule has 3 rings (SSSR count). The molecule has 0 spiro atoms. The van der Waals surface area contributed by atoms with Crippen LogP contribution in [0.1, 0.15) is 13.3 Å². The summed E-state index contributed by atoms with van der Waals surface area (Å²) in [5.41, 5.74) is 2.06. The molecule has 1 aliphatic carbocycles. The first-order valence-corrected chi connectivity index (χ1v) is 8.15. The van der Waals surface area contributed by atoms with Crippen LogP contribution in [-0.4, -0.2) is 18.5 Å². The minimum atomic E-state index is -0.361. The Balaban J connectivity index is 1.47. The molecule has 6 nitrogen and oxygen atoms in total. The quantitative estimate of drug-likeness (QED) is 0.632. The van der Waals surface area contributed by atoms with Crippen molar-refractivity contribution in [3.8, 4) is 0 Å². The van der Waals surface area contributed by atoms with E-state index in [0.717, 1.165) is 12.1 Å². The number of nitrogens with zero attached hydrogens (tertiary/aromatic N) is 2. The van der Waals surface area contributed by atoms with Crippen molar-refractivity contribution in [2.75, 3.05) is 11.9 Å². The van der Waals surface area contributed by atoms with Crippen molar-refractivity contribution in [1.29, 1.82) is 0 Å². The number of azo groups is 1. The third kappa shape index (κ3) is 4.97. The lowest BCUT2D eigenvalue weighted by Crippen LogP contribution is -2.21. The predicted octanol–water partition coefficient (Wildman–Crippen LogP) is 4.24. The number of amides is 1. The van der Waals surface area contributed by atoms with Gasteiger partial charge in [-0.05, 0) is 48.7 Å². The number of ether oxygens (including phenoxy) is 1. The standard InChI is InChI=1S/C19H19N3O3/c1-13-11-17(13)19(24)25-12-18(23)20-14-7-9-16(10-8-14)22-21-15-5-3-2-4-6-15/h2-10,13,17H,11-12H2,1H3,(H,20,23). The van der Waals surface area contributed by atoms with E-state index in [1.54, 1.807) is 24.3 Å². The molecule has 0 radical (unpaired) electrons. The summed E-state index contributed by atoms with van der Waals surface area (Å²) in [7, 11) is 0. The Kier molecular flexibility index (Phi) is 5.18. The van der Waals surface area contributed by atoms with Crippen LogP contribution in [-0.2, 0) is 14.3 Å². The third-order valence-corrected chi connectivity index (χ3v) is 3.95. The summed E-state index contributed by atoms with van der Waals surface area (Å²) in [5, 5.41) is 10.9. The van der Waals surface area contributed by atoms with Gasteiger partial charge in [-0.1, -0.05) is 25.1 Å². The number of hydrogen-bond acceptors (Lipinski definition) is 5. The summed E-state index contributed by atoms with van der Waals surface area (Å²) in [6.45, 7) is 1.72. The van der Waals surface area contributed by atoms with E-state index < -0.39 is 0 Å². The van der Waals surface area contributed by atoms with Crippen LogP contribution in [0.15, 0.2) is 64.8 Å². The molecule has 1 saturated carbocycles. The second-order valence-corrected chi connectivity index (χ2v) is 6.06. The maximum absolute atomic E-state index is 11.8. The van der Waals surface area contributed by atoms with Gasteiger partial charge >= 0.3 is 5.97 Å². The normalized spacial score (nSPS) is 18.8. The molecule has 2 atom stereocenters. The van der Waals surface area contributed by atoms with E-state index in [-0.39, 0.29) is 24.4 Å². The van der Waals surface area contributed by atoms with E-state index in [2.05, 4.69) is 15.5 Å². The monoisotopic (exact) mass is 337 g/mol. The van der Waals surface area contributed by atoms with Gasteiger partial charge in [0, 0.05) is 5.69 Å². The lowest BCUT2D eigenvalue weighted by molar-refractivity contribution is -0.148. The first-order chi connectivity index (χ1) is 12.1. The van der Waals surface area contributed by atoms with Crippen LogP contribution in [0.3, 0.4) is 0 Å². The molecule has 0 aromatic heterocycles. The van der Waals surface area contributed by atoms with Crippen LogP contribution in [0.5, 0.6) is 0 Å². The van der Waals surface area contributed by atoms with E-state index in [0.29, 0.717) is 17.3 Å². The van der Waals surface area contributed by atoms with Crippen molar-refractivity contribution >= 4 is 28.9 Å². The first kappa shape index (κ1) is 16.8. The average Bonchev–Trinajstić information content (AvgIpc) is 3.37. The molecule has 25 heavy (non-hydrogen) atoms. The van der Waals surface area contributed by atoms with E-state index >= 15 is 0 Å². The van der Waals surface area contributed by atoms with Crippen molar-refractivity contribution in [3.05, 3.63) is 54.6 Å². The van der Waals surface area contributed by atoms with Crippen LogP contribution in [0.4, 0.5) is 17.1 Å². The number of hydrogen-bond donors (Lipinski definition) is 1. The number of carbonyl (C=O) groups excluding carboxylic acids is 2. The van der Waals surface area contributed by atoms with Crippen molar-refractivity contribution < 1.29 is 14.3 Å². The number of nitrogens with one attached hydrogen (secondary N) is 1. The molecule has 6 heteroatoms. The van der Waals surface area contributed by atoms with Crippen LogP contribution in [0.2, 0.25) is 0 Å². The third-order valence-electron chi connectivity index (χ3n) is 3.95. The SMILES string of the molecule is CC1CC1C(=O)OCC(=O)Nc1ccc(N=Nc2ccccc2)cc1. The zero-order valence-electron chi connectivity index (χ0n) is 13.9. The largest absolute Gasteiger partial charge is 0.455 e. The van der Waals surface area contributed by atoms with E-state index in [9.17, 15) is 9.59 Å². The zero-order chi connectivity index (χ0) is 17.6. The fraction of sp³-hybridized carbons (Fsp3) is 0.263. The second-order valence-electron chi connectivity index (χ2n) is 6.06. The maximum atomic E-state index is 11.8. The van der Waals surface area contributed by atoms with Crippen LogP contribution in [0, 0.1) is 11.8 Å². The van der Waals surface area contributed by atoms with E-state index in [1.807, 2.05) is 37.3 Å². The molecule has 1 N–H and O–H groups in total. The van der Waals surface area contributed by atoms with Crippen molar-refractivity contribution in [1.82, 2.24) is 0 Å². The van der Waals surface area contributed by atoms with Gasteiger partial charge in [-0.2, -0.15) is 10.2 Å². The number of anilines is 1. The molecule has 2 aromatic carbocycles. The molecule has 1 amide bonds. The van der Waals surface area contributed by atoms with Gasteiger partial charge in [0.15, 0.2) is 6.61 Å². The summed E-state index contributed by atoms with van der Waals surface area (Å²) < 4.78 is 5.00. The highest BCUT2D eigenvalue weighted by atomic mass is 16.5. The Morgan fingerprint density at radius 2 is 1.64 bits per heavy atom. The summed E-state index contributed by atoms with van der Waals surface area (Å²) in [6, 6.07) is 16.4. The first-order valence-electron chi connectivity index (χ1n) is 8.15. The molecule has 128 valence electrons. The van der Waals surface area contributed by atoms with Gasteiger partial charge in [0.25, 0.3) is 5.91 Å². The topological polar surface area (TPSA) is 80.1 Å². The van der Waals surface area contributed by atoms with Gasteiger partial charge in [0.05, 0.1) is 17.3 Å². The summed E-state index contributed by atoms with van der Waals surface area (Å²) in [6.07, 6.45) is 0.847. The van der Waals surface area contributed by atoms with Gasteiger partial charge < -0.3 is 10.1 Å². The van der Waals surface area contributed by atoms with Gasteiger partial charge in [0.2, 0.25) is 0 Å². The fourth-order valence-corrected chi connectivity index (χ4v) is 2.31. The Morgan fingerprint density at radius 3 is 2.24 bits per heavy atom. The summed E-state index contributed by atoms with van der Waals surface area (Å²) in [4.78, 5) is 23.4. The van der Waals surface area contributed by atoms with Gasteiger partial charge in [-0.15, -0.1) is 0 Å². The number of esters is 1. The minimum Gasteiger partial charge on any atom is -0.455 e. The van der Waals surface area contributed by atoms with Gasteiger partial charge in [-0.3, -0.25) is 9.59 Å². The van der Waals surface area contributed by atoms with Gasteiger partial charge in [0.1, 0.15) is 0 Å². The smallest absolute Gasteiger partial charge is 0.309 e. The highest BCUT2D eigenvalue weighted by Gasteiger charge is 2.40. The van der Waals surface area contributed by atoms with Crippen LogP contribution >= 0.6 is 0 Å². The molecule has 2 aromatic rings. The fourth-order valence-electron chi connectivity index (χ4n) is 2.31.